The van der Waals surface area contributed by atoms with E-state index in [1.165, 1.54) is 0 Å². The van der Waals surface area contributed by atoms with Crippen LogP contribution in [0.2, 0.25) is 0 Å². The molecule has 0 atom stereocenters. The molecule has 0 N–H and O–H groups in total. The fraction of sp³-hybridized carbons (Fsp3) is 0.286. The van der Waals surface area contributed by atoms with Crippen LogP contribution >= 0.6 is 0 Å². The van der Waals surface area contributed by atoms with Crippen LogP contribution < -0.4 is 0 Å². The normalized spacial score (nSPS) is 14.7. The highest BCUT2D eigenvalue weighted by Crippen LogP contribution is 2.16. The second-order valence-corrected chi connectivity index (χ2v) is 4.67. The first kappa shape index (κ1) is 11.0. The van der Waals surface area contributed by atoms with Crippen LogP contribution in [0, 0.1) is 6.92 Å². The van der Waals surface area contributed by atoms with Gasteiger partial charge in [0.2, 0.25) is 5.91 Å². The number of benzene rings is 1. The Labute approximate surface area is 106 Å². The lowest BCUT2D eigenvalue weighted by Crippen LogP contribution is -2.38. The zero-order valence-electron chi connectivity index (χ0n) is 10.3. The average molecular weight is 241 g/mol. The van der Waals surface area contributed by atoms with E-state index in [-0.39, 0.29) is 5.91 Å². The van der Waals surface area contributed by atoms with Crippen molar-refractivity contribution in [1.82, 2.24) is 14.7 Å². The zero-order valence-corrected chi connectivity index (χ0v) is 10.3. The Morgan fingerprint density at radius 2 is 2.00 bits per heavy atom. The molecule has 3 rings (SSSR count). The van der Waals surface area contributed by atoms with Gasteiger partial charge in [-0.15, -0.1) is 0 Å². The molecule has 0 aliphatic carbocycles. The average Bonchev–Trinajstić information content (AvgIpc) is 2.70. The van der Waals surface area contributed by atoms with Crippen molar-refractivity contribution in [3.05, 3.63) is 53.3 Å². The second kappa shape index (κ2) is 4.29. The molecular formula is C14H15N3O. The lowest BCUT2D eigenvalue weighted by Gasteiger charge is -2.27. The fourth-order valence-electron chi connectivity index (χ4n) is 2.32. The molecule has 4 heteroatoms. The van der Waals surface area contributed by atoms with Gasteiger partial charge in [-0.2, -0.15) is 5.10 Å². The smallest absolute Gasteiger partial charge is 0.244 e. The Hall–Kier alpha value is -2.10. The molecule has 2 heterocycles. The highest BCUT2D eigenvalue weighted by Gasteiger charge is 2.23. The summed E-state index contributed by atoms with van der Waals surface area (Å²) < 4.78 is 1.80. The number of hydrogen-bond acceptors (Lipinski definition) is 2. The third kappa shape index (κ3) is 2.01. The molecule has 1 aliphatic heterocycles. The first-order chi connectivity index (χ1) is 8.72. The summed E-state index contributed by atoms with van der Waals surface area (Å²) in [6, 6.07) is 12.1. The van der Waals surface area contributed by atoms with Gasteiger partial charge in [-0.25, -0.2) is 0 Å². The monoisotopic (exact) mass is 241 g/mol. The fourth-order valence-corrected chi connectivity index (χ4v) is 2.32. The van der Waals surface area contributed by atoms with Crippen molar-refractivity contribution in [2.75, 3.05) is 0 Å². The number of rotatable bonds is 2. The molecule has 18 heavy (non-hydrogen) atoms. The number of nitrogens with zero attached hydrogens (tertiary/aromatic N) is 3. The Morgan fingerprint density at radius 1 is 1.22 bits per heavy atom. The summed E-state index contributed by atoms with van der Waals surface area (Å²) in [7, 11) is 0. The molecule has 0 spiro atoms. The first-order valence-electron chi connectivity index (χ1n) is 6.07. The van der Waals surface area contributed by atoms with Gasteiger partial charge in [0.15, 0.2) is 0 Å². The first-order valence-corrected chi connectivity index (χ1v) is 6.07. The number of fused-ring (bicyclic) bond motifs is 1. The van der Waals surface area contributed by atoms with Crippen molar-refractivity contribution in [2.45, 2.75) is 26.6 Å². The van der Waals surface area contributed by atoms with Gasteiger partial charge < -0.3 is 4.90 Å². The molecule has 1 aliphatic rings. The lowest BCUT2D eigenvalue weighted by molar-refractivity contribution is -0.135. The zero-order chi connectivity index (χ0) is 12.5. The molecule has 1 aromatic heterocycles. The van der Waals surface area contributed by atoms with E-state index in [1.54, 1.807) is 4.68 Å². The van der Waals surface area contributed by atoms with Crippen LogP contribution in [0.25, 0.3) is 0 Å². The van der Waals surface area contributed by atoms with E-state index < -0.39 is 0 Å². The summed E-state index contributed by atoms with van der Waals surface area (Å²) in [5.74, 6) is 0.134. The van der Waals surface area contributed by atoms with Crippen LogP contribution in [0.4, 0.5) is 0 Å². The summed E-state index contributed by atoms with van der Waals surface area (Å²) in [5.41, 5.74) is 3.25. The molecule has 2 aromatic rings. The van der Waals surface area contributed by atoms with E-state index in [2.05, 4.69) is 5.10 Å². The van der Waals surface area contributed by atoms with Crippen molar-refractivity contribution in [3.8, 4) is 0 Å². The van der Waals surface area contributed by atoms with Crippen LogP contribution in [0.3, 0.4) is 0 Å². The van der Waals surface area contributed by atoms with E-state index in [9.17, 15) is 4.79 Å². The molecule has 0 radical (unpaired) electrons. The maximum absolute atomic E-state index is 12.0. The predicted molar refractivity (Wildman–Crippen MR) is 67.7 cm³/mol. The molecule has 1 amide bonds. The largest absolute Gasteiger partial charge is 0.331 e. The molecule has 0 saturated carbocycles. The third-order valence-corrected chi connectivity index (χ3v) is 3.19. The van der Waals surface area contributed by atoms with Crippen molar-refractivity contribution in [3.63, 3.8) is 0 Å². The van der Waals surface area contributed by atoms with Gasteiger partial charge in [0, 0.05) is 6.54 Å². The van der Waals surface area contributed by atoms with Crippen LogP contribution in [0.1, 0.15) is 17.0 Å². The molecule has 4 nitrogen and oxygen atoms in total. The molecule has 92 valence electrons. The number of aryl methyl sites for hydroxylation is 1. The van der Waals surface area contributed by atoms with Crippen molar-refractivity contribution in [2.24, 2.45) is 0 Å². The van der Waals surface area contributed by atoms with Gasteiger partial charge in [-0.3, -0.25) is 9.48 Å². The molecule has 0 fully saturated rings. The van der Waals surface area contributed by atoms with Crippen molar-refractivity contribution < 1.29 is 4.79 Å². The van der Waals surface area contributed by atoms with Crippen LogP contribution in [0.5, 0.6) is 0 Å². The Kier molecular flexibility index (Phi) is 2.63. The van der Waals surface area contributed by atoms with Gasteiger partial charge in [0.25, 0.3) is 0 Å². The van der Waals surface area contributed by atoms with Gasteiger partial charge >= 0.3 is 0 Å². The maximum atomic E-state index is 12.0. The minimum atomic E-state index is 0.134. The Bertz CT molecular complexity index is 574. The topological polar surface area (TPSA) is 38.1 Å². The molecule has 0 bridgehead atoms. The van der Waals surface area contributed by atoms with Gasteiger partial charge in [-0.05, 0) is 18.6 Å². The van der Waals surface area contributed by atoms with E-state index in [0.29, 0.717) is 19.6 Å². The summed E-state index contributed by atoms with van der Waals surface area (Å²) in [6.07, 6.45) is 0. The van der Waals surface area contributed by atoms with Crippen molar-refractivity contribution >= 4 is 5.91 Å². The van der Waals surface area contributed by atoms with Crippen LogP contribution in [0.15, 0.2) is 36.4 Å². The number of amides is 1. The number of hydrogen-bond donors (Lipinski definition) is 0. The summed E-state index contributed by atoms with van der Waals surface area (Å²) in [6.45, 7) is 3.63. The molecule has 1 aromatic carbocycles. The number of carbonyl (C=O) groups excluding carboxylic acids is 1. The van der Waals surface area contributed by atoms with E-state index in [4.69, 9.17) is 0 Å². The van der Waals surface area contributed by atoms with Gasteiger partial charge in [-0.1, -0.05) is 30.3 Å². The Morgan fingerprint density at radius 3 is 2.78 bits per heavy atom. The van der Waals surface area contributed by atoms with E-state index >= 15 is 0 Å². The standard InChI is InChI=1S/C14H15N3O/c1-11-7-13-9-16(14(18)10-17(13)15-11)8-12-5-3-2-4-6-12/h2-7H,8-10H2,1H3. The summed E-state index contributed by atoms with van der Waals surface area (Å²) in [5, 5.41) is 4.31. The minimum absolute atomic E-state index is 0.134. The second-order valence-electron chi connectivity index (χ2n) is 4.67. The molecular weight excluding hydrogens is 226 g/mol. The SMILES string of the molecule is Cc1cc2n(n1)CC(=O)N(Cc1ccccc1)C2. The summed E-state index contributed by atoms with van der Waals surface area (Å²) in [4.78, 5) is 13.9. The van der Waals surface area contributed by atoms with E-state index in [1.807, 2.05) is 48.2 Å². The quantitative estimate of drug-likeness (QED) is 0.803. The van der Waals surface area contributed by atoms with E-state index in [0.717, 1.165) is 17.0 Å². The summed E-state index contributed by atoms with van der Waals surface area (Å²) >= 11 is 0. The highest BCUT2D eigenvalue weighted by atomic mass is 16.2. The molecule has 0 saturated heterocycles. The number of carbonyl (C=O) groups is 1. The van der Waals surface area contributed by atoms with Gasteiger partial charge in [0.05, 0.1) is 17.9 Å². The third-order valence-electron chi connectivity index (χ3n) is 3.19. The van der Waals surface area contributed by atoms with Crippen molar-refractivity contribution in [1.29, 1.82) is 0 Å². The van der Waals surface area contributed by atoms with Crippen LogP contribution in [-0.2, 0) is 24.4 Å². The lowest BCUT2D eigenvalue weighted by atomic mass is 10.2. The highest BCUT2D eigenvalue weighted by molar-refractivity contribution is 5.77. The maximum Gasteiger partial charge on any atom is 0.244 e. The van der Waals surface area contributed by atoms with Gasteiger partial charge in [0.1, 0.15) is 6.54 Å². The number of aromatic nitrogens is 2. The van der Waals surface area contributed by atoms with Crippen LogP contribution in [-0.4, -0.2) is 20.6 Å². The minimum Gasteiger partial charge on any atom is -0.331 e. The Balaban J connectivity index is 1.81. The molecule has 0 unspecified atom stereocenters. The predicted octanol–water partition coefficient (Wildman–Crippen LogP) is 1.73.